The van der Waals surface area contributed by atoms with Gasteiger partial charge in [0.1, 0.15) is 11.6 Å². The first-order chi connectivity index (χ1) is 19.0. The second-order valence-corrected chi connectivity index (χ2v) is 10.4. The summed E-state index contributed by atoms with van der Waals surface area (Å²) >= 11 is 0. The smallest absolute Gasteiger partial charge is 0.258 e. The molecule has 1 heterocycles. The van der Waals surface area contributed by atoms with Crippen LogP contribution in [0.2, 0.25) is 0 Å². The van der Waals surface area contributed by atoms with Crippen LogP contribution in [0.3, 0.4) is 0 Å². The van der Waals surface area contributed by atoms with E-state index in [4.69, 9.17) is 9.72 Å². The standard InChI is InChI=1S/C34H33N3O2/c1-23(2)25-12-15-27(16-13-25)30-19-32(29-17-14-26-10-6-7-11-28(26)18-29)37-34(31(30)20-35)39-22-33(38)36-21-24-8-4-3-5-9-24/h3-5,8-9,12-19,23H,6-7,10-11,21-22H2,1-2H3,(H,36,38). The highest BCUT2D eigenvalue weighted by Crippen LogP contribution is 2.35. The molecule has 0 spiro atoms. The van der Waals surface area contributed by atoms with Crippen LogP contribution in [0.4, 0.5) is 0 Å². The summed E-state index contributed by atoms with van der Waals surface area (Å²) in [6.07, 6.45) is 4.59. The van der Waals surface area contributed by atoms with Crippen LogP contribution >= 0.6 is 0 Å². The van der Waals surface area contributed by atoms with E-state index in [2.05, 4.69) is 55.6 Å². The van der Waals surface area contributed by atoms with Crippen molar-refractivity contribution in [1.82, 2.24) is 10.3 Å². The summed E-state index contributed by atoms with van der Waals surface area (Å²) in [5.74, 6) is 0.309. The normalized spacial score (nSPS) is 12.5. The van der Waals surface area contributed by atoms with Gasteiger partial charge < -0.3 is 10.1 Å². The lowest BCUT2D eigenvalue weighted by Crippen LogP contribution is -2.28. The molecule has 1 aromatic heterocycles. The van der Waals surface area contributed by atoms with Crippen molar-refractivity contribution in [2.24, 2.45) is 0 Å². The zero-order valence-corrected chi connectivity index (χ0v) is 22.5. The zero-order chi connectivity index (χ0) is 27.2. The van der Waals surface area contributed by atoms with Crippen LogP contribution in [-0.2, 0) is 24.2 Å². The van der Waals surface area contributed by atoms with E-state index >= 15 is 0 Å². The molecule has 3 aromatic carbocycles. The zero-order valence-electron chi connectivity index (χ0n) is 22.5. The van der Waals surface area contributed by atoms with E-state index in [1.807, 2.05) is 48.5 Å². The highest BCUT2D eigenvalue weighted by molar-refractivity contribution is 5.80. The number of nitrogens with zero attached hydrogens (tertiary/aromatic N) is 2. The number of amides is 1. The van der Waals surface area contributed by atoms with Gasteiger partial charge in [-0.2, -0.15) is 5.26 Å². The van der Waals surface area contributed by atoms with Crippen LogP contribution in [0.5, 0.6) is 5.88 Å². The molecule has 0 unspecified atom stereocenters. The minimum atomic E-state index is -0.272. The molecule has 39 heavy (non-hydrogen) atoms. The first-order valence-electron chi connectivity index (χ1n) is 13.6. The Balaban J connectivity index is 1.48. The van der Waals surface area contributed by atoms with E-state index in [1.54, 1.807) is 0 Å². The number of pyridine rings is 1. The van der Waals surface area contributed by atoms with E-state index in [-0.39, 0.29) is 18.4 Å². The van der Waals surface area contributed by atoms with Crippen molar-refractivity contribution in [3.63, 3.8) is 0 Å². The van der Waals surface area contributed by atoms with Crippen molar-refractivity contribution in [1.29, 1.82) is 5.26 Å². The summed E-state index contributed by atoms with van der Waals surface area (Å²) in [6.45, 7) is 4.49. The molecule has 5 rings (SSSR count). The number of aryl methyl sites for hydroxylation is 2. The summed E-state index contributed by atoms with van der Waals surface area (Å²) in [6, 6.07) is 28.7. The maximum absolute atomic E-state index is 12.6. The van der Waals surface area contributed by atoms with Crippen LogP contribution in [0.25, 0.3) is 22.4 Å². The van der Waals surface area contributed by atoms with Crippen LogP contribution in [-0.4, -0.2) is 17.5 Å². The van der Waals surface area contributed by atoms with Crippen LogP contribution in [0.1, 0.15) is 60.4 Å². The van der Waals surface area contributed by atoms with Crippen molar-refractivity contribution in [3.05, 3.63) is 107 Å². The molecule has 4 aromatic rings. The van der Waals surface area contributed by atoms with Gasteiger partial charge in [-0.3, -0.25) is 4.79 Å². The molecule has 0 aliphatic heterocycles. The minimum Gasteiger partial charge on any atom is -0.467 e. The fraction of sp³-hybridized carbons (Fsp3) is 0.265. The Bertz CT molecular complexity index is 1500. The summed E-state index contributed by atoms with van der Waals surface area (Å²) < 4.78 is 5.93. The number of ether oxygens (including phenoxy) is 1. The highest BCUT2D eigenvalue weighted by Gasteiger charge is 2.19. The van der Waals surface area contributed by atoms with Crippen LogP contribution in [0, 0.1) is 11.3 Å². The fourth-order valence-electron chi connectivity index (χ4n) is 5.03. The maximum atomic E-state index is 12.6. The minimum absolute atomic E-state index is 0.172. The summed E-state index contributed by atoms with van der Waals surface area (Å²) in [5.41, 5.74) is 8.68. The predicted molar refractivity (Wildman–Crippen MR) is 154 cm³/mol. The number of nitriles is 1. The molecule has 0 bridgehead atoms. The van der Waals surface area contributed by atoms with E-state index in [0.717, 1.165) is 40.8 Å². The quantitative estimate of drug-likeness (QED) is 0.275. The SMILES string of the molecule is CC(C)c1ccc(-c2cc(-c3ccc4c(c3)CCCC4)nc(OCC(=O)NCc3ccccc3)c2C#N)cc1. The van der Waals surface area contributed by atoms with E-state index < -0.39 is 0 Å². The number of carbonyl (C=O) groups excluding carboxylic acids is 1. The predicted octanol–water partition coefficient (Wildman–Crippen LogP) is 6.98. The Morgan fingerprint density at radius 1 is 0.949 bits per heavy atom. The molecule has 5 nitrogen and oxygen atoms in total. The summed E-state index contributed by atoms with van der Waals surface area (Å²) in [7, 11) is 0. The molecule has 0 saturated heterocycles. The first kappa shape index (κ1) is 26.2. The van der Waals surface area contributed by atoms with E-state index in [9.17, 15) is 10.1 Å². The molecule has 1 aliphatic carbocycles. The Labute approximate surface area is 230 Å². The van der Waals surface area contributed by atoms with Crippen LogP contribution in [0.15, 0.2) is 78.9 Å². The topological polar surface area (TPSA) is 75.0 Å². The summed E-state index contributed by atoms with van der Waals surface area (Å²) in [4.78, 5) is 17.4. The number of fused-ring (bicyclic) bond motifs is 1. The van der Waals surface area contributed by atoms with Crippen molar-refractivity contribution < 1.29 is 9.53 Å². The number of rotatable bonds is 8. The lowest BCUT2D eigenvalue weighted by Gasteiger charge is -2.18. The highest BCUT2D eigenvalue weighted by atomic mass is 16.5. The maximum Gasteiger partial charge on any atom is 0.258 e. The number of benzene rings is 3. The van der Waals surface area contributed by atoms with Gasteiger partial charge in [0.15, 0.2) is 6.61 Å². The van der Waals surface area contributed by atoms with Crippen molar-refractivity contribution in [2.75, 3.05) is 6.61 Å². The molecular formula is C34H33N3O2. The van der Waals surface area contributed by atoms with Gasteiger partial charge in [0.2, 0.25) is 5.88 Å². The molecule has 0 fully saturated rings. The molecule has 0 atom stereocenters. The molecule has 1 amide bonds. The number of aromatic nitrogens is 1. The largest absolute Gasteiger partial charge is 0.467 e. The van der Waals surface area contributed by atoms with Gasteiger partial charge in [-0.25, -0.2) is 4.98 Å². The third-order valence-electron chi connectivity index (χ3n) is 7.30. The molecule has 1 aliphatic rings. The second-order valence-electron chi connectivity index (χ2n) is 10.4. The molecular weight excluding hydrogens is 482 g/mol. The van der Waals surface area contributed by atoms with E-state index in [0.29, 0.717) is 18.0 Å². The lowest BCUT2D eigenvalue weighted by molar-refractivity contribution is -0.123. The van der Waals surface area contributed by atoms with Crippen molar-refractivity contribution in [3.8, 4) is 34.3 Å². The molecule has 5 heteroatoms. The van der Waals surface area contributed by atoms with Crippen molar-refractivity contribution in [2.45, 2.75) is 52.0 Å². The Morgan fingerprint density at radius 3 is 2.38 bits per heavy atom. The Kier molecular flexibility index (Phi) is 8.03. The number of carbonyl (C=O) groups is 1. The second kappa shape index (κ2) is 12.0. The molecule has 196 valence electrons. The third-order valence-corrected chi connectivity index (χ3v) is 7.30. The fourth-order valence-corrected chi connectivity index (χ4v) is 5.03. The van der Waals surface area contributed by atoms with Crippen LogP contribution < -0.4 is 10.1 Å². The lowest BCUT2D eigenvalue weighted by atomic mass is 9.89. The van der Waals surface area contributed by atoms with Gasteiger partial charge in [0.25, 0.3) is 5.91 Å². The monoisotopic (exact) mass is 515 g/mol. The van der Waals surface area contributed by atoms with Gasteiger partial charge >= 0.3 is 0 Å². The van der Waals surface area contributed by atoms with Gasteiger partial charge in [0.05, 0.1) is 5.69 Å². The summed E-state index contributed by atoms with van der Waals surface area (Å²) in [5, 5.41) is 13.0. The van der Waals surface area contributed by atoms with Gasteiger partial charge in [-0.1, -0.05) is 80.6 Å². The average molecular weight is 516 g/mol. The molecule has 0 radical (unpaired) electrons. The number of hydrogen-bond donors (Lipinski definition) is 1. The van der Waals surface area contributed by atoms with Crippen molar-refractivity contribution >= 4 is 5.91 Å². The third kappa shape index (κ3) is 6.18. The molecule has 1 N–H and O–H groups in total. The van der Waals surface area contributed by atoms with E-state index in [1.165, 1.54) is 29.5 Å². The average Bonchev–Trinajstić information content (AvgIpc) is 2.98. The molecule has 0 saturated carbocycles. The van der Waals surface area contributed by atoms with Gasteiger partial charge in [-0.15, -0.1) is 0 Å². The van der Waals surface area contributed by atoms with Gasteiger partial charge in [-0.05, 0) is 71.6 Å². The number of nitrogens with one attached hydrogen (secondary N) is 1. The Hall–Kier alpha value is -4.43. The Morgan fingerprint density at radius 2 is 1.67 bits per heavy atom. The number of hydrogen-bond acceptors (Lipinski definition) is 4. The van der Waals surface area contributed by atoms with Gasteiger partial charge in [0, 0.05) is 17.7 Å². The first-order valence-corrected chi connectivity index (χ1v) is 13.6.